The van der Waals surface area contributed by atoms with Crippen LogP contribution in [0, 0.1) is 0 Å². The van der Waals surface area contributed by atoms with Gasteiger partial charge < -0.3 is 30.7 Å². The zero-order valence-corrected chi connectivity index (χ0v) is 21.2. The van der Waals surface area contributed by atoms with Crippen molar-refractivity contribution in [3.63, 3.8) is 0 Å². The predicted octanol–water partition coefficient (Wildman–Crippen LogP) is 1.18. The van der Waals surface area contributed by atoms with Crippen LogP contribution < -0.4 is 16.0 Å². The third-order valence-corrected chi connectivity index (χ3v) is 6.98. The summed E-state index contributed by atoms with van der Waals surface area (Å²) in [6.07, 6.45) is 3.04. The molecule has 0 bridgehead atoms. The van der Waals surface area contributed by atoms with E-state index in [1.165, 1.54) is 6.33 Å². The van der Waals surface area contributed by atoms with Gasteiger partial charge in [-0.1, -0.05) is 16.8 Å². The van der Waals surface area contributed by atoms with Gasteiger partial charge in [-0.2, -0.15) is 0 Å². The van der Waals surface area contributed by atoms with Crippen molar-refractivity contribution >= 4 is 40.4 Å². The highest BCUT2D eigenvalue weighted by atomic mass is 35.5. The number of nitrogens with one attached hydrogen (secondary N) is 1. The molecule has 2 aromatic heterocycles. The van der Waals surface area contributed by atoms with Gasteiger partial charge in [0.1, 0.15) is 12.0 Å². The topological polar surface area (TPSA) is 125 Å². The molecule has 36 heavy (non-hydrogen) atoms. The molecular formula is C23H30ClN11O. The summed E-state index contributed by atoms with van der Waals surface area (Å²) in [7, 11) is 4.17. The summed E-state index contributed by atoms with van der Waals surface area (Å²) in [6.45, 7) is 6.75. The number of benzene rings is 1. The molecule has 13 heteroatoms. The fourth-order valence-corrected chi connectivity index (χ4v) is 4.48. The van der Waals surface area contributed by atoms with Crippen LogP contribution >= 0.6 is 11.6 Å². The summed E-state index contributed by atoms with van der Waals surface area (Å²) >= 11 is 6.12. The summed E-state index contributed by atoms with van der Waals surface area (Å²) in [5.74, 6) is 0.317. The normalized spacial score (nSPS) is 17.4. The van der Waals surface area contributed by atoms with E-state index >= 15 is 0 Å². The van der Waals surface area contributed by atoms with E-state index in [2.05, 4.69) is 54.4 Å². The van der Waals surface area contributed by atoms with Crippen LogP contribution in [0.25, 0.3) is 5.69 Å². The zero-order chi connectivity index (χ0) is 25.2. The number of halogens is 1. The fraction of sp³-hybridized carbons (Fsp3) is 0.435. The van der Waals surface area contributed by atoms with Crippen molar-refractivity contribution in [2.75, 3.05) is 82.4 Å². The molecule has 5 rings (SSSR count). The standard InChI is InChI=1S/C23H30ClN11O/c1-31-5-9-33(10-6-31)19-4-3-16(13-17(19)28-22-20(25)21(24)26-15-27-22)35-14-18(29-30-35)23(36)34-11-7-32(2)8-12-34/h3-4,13-15H,5-12,25H2,1-2H3,(H,26,27,28). The third-order valence-electron chi connectivity index (χ3n) is 6.68. The van der Waals surface area contributed by atoms with Gasteiger partial charge in [0.25, 0.3) is 5.91 Å². The third kappa shape index (κ3) is 5.06. The van der Waals surface area contributed by atoms with Crippen molar-refractivity contribution in [3.8, 4) is 5.69 Å². The van der Waals surface area contributed by atoms with Crippen LogP contribution in [0.4, 0.5) is 22.9 Å². The molecule has 3 N–H and O–H groups in total. The number of hydrogen-bond donors (Lipinski definition) is 2. The Labute approximate surface area is 214 Å². The molecule has 0 aliphatic carbocycles. The highest BCUT2D eigenvalue weighted by Crippen LogP contribution is 2.34. The van der Waals surface area contributed by atoms with E-state index < -0.39 is 0 Å². The smallest absolute Gasteiger partial charge is 0.276 e. The van der Waals surface area contributed by atoms with E-state index in [0.29, 0.717) is 24.6 Å². The van der Waals surface area contributed by atoms with E-state index in [1.807, 2.05) is 23.1 Å². The molecule has 0 spiro atoms. The predicted molar refractivity (Wildman–Crippen MR) is 139 cm³/mol. The minimum atomic E-state index is -0.106. The number of carbonyl (C=O) groups excluding carboxylic acids is 1. The van der Waals surface area contributed by atoms with E-state index in [0.717, 1.165) is 56.3 Å². The van der Waals surface area contributed by atoms with Gasteiger partial charge in [0, 0.05) is 52.4 Å². The van der Waals surface area contributed by atoms with Gasteiger partial charge in [-0.15, -0.1) is 5.10 Å². The van der Waals surface area contributed by atoms with Crippen LogP contribution in [0.2, 0.25) is 5.15 Å². The number of hydrogen-bond acceptors (Lipinski definition) is 10. The van der Waals surface area contributed by atoms with E-state index in [1.54, 1.807) is 10.9 Å². The average Bonchev–Trinajstić information content (AvgIpc) is 3.38. The lowest BCUT2D eigenvalue weighted by Crippen LogP contribution is -2.47. The molecule has 2 saturated heterocycles. The first-order chi connectivity index (χ1) is 17.4. The Morgan fingerprint density at radius 1 is 1.00 bits per heavy atom. The minimum absolute atomic E-state index is 0.106. The van der Waals surface area contributed by atoms with Crippen molar-refractivity contribution in [1.29, 1.82) is 0 Å². The maximum Gasteiger partial charge on any atom is 0.276 e. The minimum Gasteiger partial charge on any atom is -0.393 e. The van der Waals surface area contributed by atoms with E-state index in [-0.39, 0.29) is 16.7 Å². The van der Waals surface area contributed by atoms with Crippen molar-refractivity contribution in [3.05, 3.63) is 41.6 Å². The first kappa shape index (κ1) is 24.2. The summed E-state index contributed by atoms with van der Waals surface area (Å²) in [6, 6.07) is 5.95. The highest BCUT2D eigenvalue weighted by molar-refractivity contribution is 6.32. The lowest BCUT2D eigenvalue weighted by atomic mass is 10.2. The van der Waals surface area contributed by atoms with Gasteiger partial charge in [0.05, 0.1) is 23.3 Å². The summed E-state index contributed by atoms with van der Waals surface area (Å²) in [4.78, 5) is 29.8. The van der Waals surface area contributed by atoms with Gasteiger partial charge in [-0.05, 0) is 32.3 Å². The summed E-state index contributed by atoms with van der Waals surface area (Å²) in [5, 5.41) is 11.9. The molecule has 4 heterocycles. The quantitative estimate of drug-likeness (QED) is 0.482. The number of anilines is 4. The maximum absolute atomic E-state index is 12.9. The first-order valence-corrected chi connectivity index (χ1v) is 12.3. The molecule has 2 aliphatic rings. The van der Waals surface area contributed by atoms with Crippen molar-refractivity contribution < 1.29 is 4.79 Å². The van der Waals surface area contributed by atoms with Gasteiger partial charge >= 0.3 is 0 Å². The molecule has 0 unspecified atom stereocenters. The first-order valence-electron chi connectivity index (χ1n) is 11.9. The number of amides is 1. The van der Waals surface area contributed by atoms with Gasteiger partial charge in [0.15, 0.2) is 16.7 Å². The van der Waals surface area contributed by atoms with Crippen LogP contribution in [-0.4, -0.2) is 112 Å². The Kier molecular flexibility index (Phi) is 6.90. The van der Waals surface area contributed by atoms with E-state index in [9.17, 15) is 4.79 Å². The van der Waals surface area contributed by atoms with Crippen LogP contribution in [0.3, 0.4) is 0 Å². The molecule has 2 fully saturated rings. The number of nitrogens with two attached hydrogens (primary N) is 1. The highest BCUT2D eigenvalue weighted by Gasteiger charge is 2.24. The Balaban J connectivity index is 1.44. The van der Waals surface area contributed by atoms with Crippen molar-refractivity contribution in [2.45, 2.75) is 0 Å². The molecule has 0 saturated carbocycles. The monoisotopic (exact) mass is 511 g/mol. The molecule has 0 atom stereocenters. The second-order valence-corrected chi connectivity index (χ2v) is 9.55. The second kappa shape index (κ2) is 10.2. The Morgan fingerprint density at radius 3 is 2.42 bits per heavy atom. The zero-order valence-electron chi connectivity index (χ0n) is 20.4. The van der Waals surface area contributed by atoms with Gasteiger partial charge in [-0.3, -0.25) is 4.79 Å². The summed E-state index contributed by atoms with van der Waals surface area (Å²) < 4.78 is 1.61. The molecule has 3 aromatic rings. The molecule has 1 aromatic carbocycles. The van der Waals surface area contributed by atoms with Crippen LogP contribution in [0.5, 0.6) is 0 Å². The maximum atomic E-state index is 12.9. The number of likely N-dealkylation sites (N-methyl/N-ethyl adjacent to an activating group) is 2. The van der Waals surface area contributed by atoms with Gasteiger partial charge in [-0.25, -0.2) is 14.6 Å². The van der Waals surface area contributed by atoms with Crippen LogP contribution in [-0.2, 0) is 0 Å². The summed E-state index contributed by atoms with van der Waals surface area (Å²) in [5.41, 5.74) is 9.28. The number of aromatic nitrogens is 5. The number of carbonyl (C=O) groups is 1. The van der Waals surface area contributed by atoms with Gasteiger partial charge in [0.2, 0.25) is 0 Å². The Hall–Kier alpha value is -3.48. The molecular weight excluding hydrogens is 482 g/mol. The molecule has 0 radical (unpaired) electrons. The van der Waals surface area contributed by atoms with E-state index in [4.69, 9.17) is 17.3 Å². The Morgan fingerprint density at radius 2 is 1.69 bits per heavy atom. The second-order valence-electron chi connectivity index (χ2n) is 9.19. The molecule has 2 aliphatic heterocycles. The SMILES string of the molecule is CN1CCN(C(=O)c2cn(-c3ccc(N4CCN(C)CC4)c(Nc4ncnc(Cl)c4N)c3)nn2)CC1. The van der Waals surface area contributed by atoms with Crippen molar-refractivity contribution in [1.82, 2.24) is 39.7 Å². The Bertz CT molecular complexity index is 1230. The molecule has 1 amide bonds. The van der Waals surface area contributed by atoms with Crippen LogP contribution in [0.15, 0.2) is 30.7 Å². The molecule has 12 nitrogen and oxygen atoms in total. The number of nitrogen functional groups attached to an aromatic ring is 1. The number of piperazine rings is 2. The van der Waals surface area contributed by atoms with Crippen molar-refractivity contribution in [2.24, 2.45) is 0 Å². The van der Waals surface area contributed by atoms with Crippen LogP contribution in [0.1, 0.15) is 10.5 Å². The lowest BCUT2D eigenvalue weighted by Gasteiger charge is -2.35. The number of rotatable bonds is 5. The average molecular weight is 512 g/mol. The lowest BCUT2D eigenvalue weighted by molar-refractivity contribution is 0.0658. The number of nitrogens with zero attached hydrogens (tertiary/aromatic N) is 9. The molecule has 190 valence electrons. The fourth-order valence-electron chi connectivity index (χ4n) is 4.35. The largest absolute Gasteiger partial charge is 0.393 e.